The normalized spacial score (nSPS) is 25.4. The number of ether oxygens (including phenoxy) is 1. The third kappa shape index (κ3) is 3.54. The first-order valence-corrected chi connectivity index (χ1v) is 7.91. The highest BCUT2D eigenvalue weighted by atomic mass is 16.5. The molecule has 0 saturated heterocycles. The number of hydrogen-bond acceptors (Lipinski definition) is 2. The van der Waals surface area contributed by atoms with E-state index in [1.807, 2.05) is 0 Å². The molecule has 0 spiro atoms. The Labute approximate surface area is 123 Å². The van der Waals surface area contributed by atoms with E-state index in [2.05, 4.69) is 58.1 Å². The van der Waals surface area contributed by atoms with Gasteiger partial charge in [0.2, 0.25) is 0 Å². The van der Waals surface area contributed by atoms with Gasteiger partial charge in [-0.25, -0.2) is 0 Å². The lowest BCUT2D eigenvalue weighted by atomic mass is 9.71. The molecule has 1 N–H and O–H groups in total. The van der Waals surface area contributed by atoms with Crippen LogP contribution >= 0.6 is 0 Å². The molecule has 2 nitrogen and oxygen atoms in total. The molecule has 0 radical (unpaired) electrons. The van der Waals surface area contributed by atoms with Crippen LogP contribution in [0.1, 0.15) is 51.2 Å². The van der Waals surface area contributed by atoms with Crippen LogP contribution in [0.25, 0.3) is 0 Å². The summed E-state index contributed by atoms with van der Waals surface area (Å²) in [7, 11) is 0. The van der Waals surface area contributed by atoms with E-state index >= 15 is 0 Å². The van der Waals surface area contributed by atoms with Crippen molar-refractivity contribution in [2.45, 2.75) is 66.0 Å². The number of likely N-dealkylation sites (N-methyl/N-ethyl adjacent to an activating group) is 1. The molecule has 1 aliphatic rings. The van der Waals surface area contributed by atoms with Gasteiger partial charge in [0.05, 0.1) is 0 Å². The van der Waals surface area contributed by atoms with Gasteiger partial charge in [0, 0.05) is 6.04 Å². The maximum Gasteiger partial charge on any atom is 0.120 e. The fourth-order valence-corrected chi connectivity index (χ4v) is 3.51. The zero-order valence-corrected chi connectivity index (χ0v) is 13.6. The van der Waals surface area contributed by atoms with Crippen LogP contribution in [0, 0.1) is 19.3 Å². The number of nitrogens with one attached hydrogen (secondary N) is 1. The zero-order valence-electron chi connectivity index (χ0n) is 13.6. The second-order valence-electron chi connectivity index (χ2n) is 6.90. The Morgan fingerprint density at radius 2 is 1.85 bits per heavy atom. The first-order chi connectivity index (χ1) is 9.42. The van der Waals surface area contributed by atoms with Gasteiger partial charge in [-0.2, -0.15) is 0 Å². The highest BCUT2D eigenvalue weighted by Crippen LogP contribution is 2.37. The molecule has 2 heteroatoms. The van der Waals surface area contributed by atoms with Crippen molar-refractivity contribution in [3.8, 4) is 5.75 Å². The topological polar surface area (TPSA) is 21.3 Å². The van der Waals surface area contributed by atoms with Crippen molar-refractivity contribution in [1.29, 1.82) is 0 Å². The standard InChI is InChI=1S/C18H29NO/c1-6-19-17-16(8-7-9-18(17,4)5)20-15-11-13(2)10-14(3)12-15/h10-12,16-17,19H,6-9H2,1-5H3. The lowest BCUT2D eigenvalue weighted by Gasteiger charge is -2.44. The monoisotopic (exact) mass is 275 g/mol. The molecule has 1 aliphatic carbocycles. The van der Waals surface area contributed by atoms with Crippen LogP contribution in [0.4, 0.5) is 0 Å². The van der Waals surface area contributed by atoms with Gasteiger partial charge in [-0.05, 0) is 68.3 Å². The van der Waals surface area contributed by atoms with Gasteiger partial charge in [-0.1, -0.05) is 26.8 Å². The van der Waals surface area contributed by atoms with Gasteiger partial charge in [0.1, 0.15) is 11.9 Å². The molecule has 0 amide bonds. The molecule has 0 aliphatic heterocycles. The molecule has 112 valence electrons. The molecule has 1 aromatic carbocycles. The van der Waals surface area contributed by atoms with E-state index in [9.17, 15) is 0 Å². The summed E-state index contributed by atoms with van der Waals surface area (Å²) >= 11 is 0. The minimum atomic E-state index is 0.278. The Hall–Kier alpha value is -1.02. The summed E-state index contributed by atoms with van der Waals surface area (Å²) in [5.41, 5.74) is 2.85. The van der Waals surface area contributed by atoms with Crippen LogP contribution in [0.2, 0.25) is 0 Å². The Balaban J connectivity index is 2.17. The van der Waals surface area contributed by atoms with E-state index < -0.39 is 0 Å². The van der Waals surface area contributed by atoms with Crippen molar-refractivity contribution < 1.29 is 4.74 Å². The Bertz CT molecular complexity index is 432. The predicted molar refractivity (Wildman–Crippen MR) is 85.4 cm³/mol. The molecule has 0 aromatic heterocycles. The van der Waals surface area contributed by atoms with Gasteiger partial charge in [-0.15, -0.1) is 0 Å². The molecule has 2 rings (SSSR count). The number of benzene rings is 1. The van der Waals surface area contributed by atoms with E-state index in [4.69, 9.17) is 4.74 Å². The highest BCUT2D eigenvalue weighted by molar-refractivity contribution is 5.33. The van der Waals surface area contributed by atoms with Crippen LogP contribution < -0.4 is 10.1 Å². The van der Waals surface area contributed by atoms with E-state index in [1.165, 1.54) is 24.0 Å². The summed E-state index contributed by atoms with van der Waals surface area (Å²) in [6.07, 6.45) is 3.95. The largest absolute Gasteiger partial charge is 0.489 e. The smallest absolute Gasteiger partial charge is 0.120 e. The summed E-state index contributed by atoms with van der Waals surface area (Å²) < 4.78 is 6.36. The third-order valence-electron chi connectivity index (χ3n) is 4.43. The minimum Gasteiger partial charge on any atom is -0.489 e. The average molecular weight is 275 g/mol. The number of aryl methyl sites for hydroxylation is 2. The van der Waals surface area contributed by atoms with E-state index in [-0.39, 0.29) is 6.10 Å². The average Bonchev–Trinajstić information content (AvgIpc) is 2.32. The van der Waals surface area contributed by atoms with Crippen LogP contribution in [0.15, 0.2) is 18.2 Å². The first kappa shape index (κ1) is 15.4. The van der Waals surface area contributed by atoms with Gasteiger partial charge >= 0.3 is 0 Å². The van der Waals surface area contributed by atoms with Crippen LogP contribution in [-0.4, -0.2) is 18.7 Å². The highest BCUT2D eigenvalue weighted by Gasteiger charge is 2.39. The molecule has 0 bridgehead atoms. The fourth-order valence-electron chi connectivity index (χ4n) is 3.51. The quantitative estimate of drug-likeness (QED) is 0.887. The Morgan fingerprint density at radius 3 is 2.45 bits per heavy atom. The van der Waals surface area contributed by atoms with Crippen molar-refractivity contribution in [1.82, 2.24) is 5.32 Å². The minimum absolute atomic E-state index is 0.278. The van der Waals surface area contributed by atoms with Crippen LogP contribution in [-0.2, 0) is 0 Å². The molecule has 1 aromatic rings. The van der Waals surface area contributed by atoms with Gasteiger partial charge in [0.15, 0.2) is 0 Å². The van der Waals surface area contributed by atoms with Gasteiger partial charge in [-0.3, -0.25) is 0 Å². The summed E-state index contributed by atoms with van der Waals surface area (Å²) in [5.74, 6) is 1.02. The molecule has 2 atom stereocenters. The third-order valence-corrected chi connectivity index (χ3v) is 4.43. The molecule has 1 fully saturated rings. The van der Waals surface area contributed by atoms with Crippen molar-refractivity contribution in [3.63, 3.8) is 0 Å². The van der Waals surface area contributed by atoms with E-state index in [0.717, 1.165) is 18.7 Å². The van der Waals surface area contributed by atoms with Crippen LogP contribution in [0.3, 0.4) is 0 Å². The van der Waals surface area contributed by atoms with Crippen molar-refractivity contribution in [3.05, 3.63) is 29.3 Å². The number of rotatable bonds is 4. The van der Waals surface area contributed by atoms with Gasteiger partial charge in [0.25, 0.3) is 0 Å². The van der Waals surface area contributed by atoms with Crippen molar-refractivity contribution >= 4 is 0 Å². The summed E-state index contributed by atoms with van der Waals surface area (Å²) in [5, 5.41) is 3.65. The molecular weight excluding hydrogens is 246 g/mol. The zero-order chi connectivity index (χ0) is 14.8. The summed E-state index contributed by atoms with van der Waals surface area (Å²) in [4.78, 5) is 0. The molecule has 0 heterocycles. The Kier molecular flexibility index (Phi) is 4.74. The molecular formula is C18H29NO. The maximum absolute atomic E-state index is 6.36. The Morgan fingerprint density at radius 1 is 1.20 bits per heavy atom. The molecule has 1 saturated carbocycles. The van der Waals surface area contributed by atoms with Crippen LogP contribution in [0.5, 0.6) is 5.75 Å². The predicted octanol–water partition coefficient (Wildman–Crippen LogP) is 4.24. The number of hydrogen-bond donors (Lipinski definition) is 1. The van der Waals surface area contributed by atoms with E-state index in [1.54, 1.807) is 0 Å². The van der Waals surface area contributed by atoms with E-state index in [0.29, 0.717) is 11.5 Å². The van der Waals surface area contributed by atoms with Crippen molar-refractivity contribution in [2.24, 2.45) is 5.41 Å². The maximum atomic E-state index is 6.36. The summed E-state index contributed by atoms with van der Waals surface area (Å²) in [6, 6.07) is 6.93. The summed E-state index contributed by atoms with van der Waals surface area (Å²) in [6.45, 7) is 12.2. The SMILES string of the molecule is CCNC1C(Oc2cc(C)cc(C)c2)CCCC1(C)C. The lowest BCUT2D eigenvalue weighted by molar-refractivity contribution is 0.0372. The van der Waals surface area contributed by atoms with Crippen molar-refractivity contribution in [2.75, 3.05) is 6.54 Å². The first-order valence-electron chi connectivity index (χ1n) is 7.91. The fraction of sp³-hybridized carbons (Fsp3) is 0.667. The molecule has 2 unspecified atom stereocenters. The van der Waals surface area contributed by atoms with Gasteiger partial charge < -0.3 is 10.1 Å². The second kappa shape index (κ2) is 6.17. The second-order valence-corrected chi connectivity index (χ2v) is 6.90. The molecule has 20 heavy (non-hydrogen) atoms. The lowest BCUT2D eigenvalue weighted by Crippen LogP contribution is -2.54.